The third-order valence-corrected chi connectivity index (χ3v) is 4.59. The van der Waals surface area contributed by atoms with Crippen LogP contribution < -0.4 is 0 Å². The van der Waals surface area contributed by atoms with E-state index in [2.05, 4.69) is 42.2 Å². The lowest BCUT2D eigenvalue weighted by Crippen LogP contribution is -2.43. The summed E-state index contributed by atoms with van der Waals surface area (Å²) < 4.78 is 0. The molecule has 1 aromatic carbocycles. The second-order valence-corrected chi connectivity index (χ2v) is 5.80. The predicted octanol–water partition coefficient (Wildman–Crippen LogP) is 3.20. The van der Waals surface area contributed by atoms with E-state index < -0.39 is 0 Å². The van der Waals surface area contributed by atoms with Gasteiger partial charge < -0.3 is 10.0 Å². The highest BCUT2D eigenvalue weighted by molar-refractivity contribution is 5.26. The van der Waals surface area contributed by atoms with Crippen molar-refractivity contribution in [2.75, 3.05) is 26.2 Å². The topological polar surface area (TPSA) is 23.5 Å². The van der Waals surface area contributed by atoms with E-state index in [1.54, 1.807) is 0 Å². The fourth-order valence-corrected chi connectivity index (χ4v) is 3.48. The first-order chi connectivity index (χ1) is 9.30. The Morgan fingerprint density at radius 1 is 1.11 bits per heavy atom. The van der Waals surface area contributed by atoms with Crippen LogP contribution in [0.5, 0.6) is 0 Å². The molecule has 0 radical (unpaired) electrons. The molecule has 0 atom stereocenters. The van der Waals surface area contributed by atoms with Gasteiger partial charge in [0.2, 0.25) is 0 Å². The van der Waals surface area contributed by atoms with Gasteiger partial charge in [-0.1, -0.05) is 56.5 Å². The molecule has 2 nitrogen and oxygen atoms in total. The summed E-state index contributed by atoms with van der Waals surface area (Å²) in [4.78, 5) is 2.40. The van der Waals surface area contributed by atoms with Gasteiger partial charge in [0, 0.05) is 18.5 Å². The number of rotatable bonds is 6. The number of aliphatic hydroxyl groups excluding tert-OH is 1. The highest BCUT2D eigenvalue weighted by Crippen LogP contribution is 2.40. The minimum atomic E-state index is 0.263. The Labute approximate surface area is 117 Å². The minimum absolute atomic E-state index is 0.263. The van der Waals surface area contributed by atoms with E-state index in [0.717, 1.165) is 19.6 Å². The van der Waals surface area contributed by atoms with Crippen LogP contribution in [-0.4, -0.2) is 36.2 Å². The van der Waals surface area contributed by atoms with E-state index >= 15 is 0 Å². The molecule has 0 spiro atoms. The van der Waals surface area contributed by atoms with Crippen LogP contribution in [-0.2, 0) is 5.41 Å². The van der Waals surface area contributed by atoms with Crippen LogP contribution in [0.1, 0.15) is 44.6 Å². The average Bonchev–Trinajstić information content (AvgIpc) is 2.49. The van der Waals surface area contributed by atoms with Crippen LogP contribution in [0.3, 0.4) is 0 Å². The second-order valence-electron chi connectivity index (χ2n) is 5.80. The van der Waals surface area contributed by atoms with Gasteiger partial charge in [-0.15, -0.1) is 0 Å². The van der Waals surface area contributed by atoms with Crippen molar-refractivity contribution in [3.63, 3.8) is 0 Å². The number of aliphatic hydroxyl groups is 1. The van der Waals surface area contributed by atoms with E-state index in [0.29, 0.717) is 5.41 Å². The molecule has 19 heavy (non-hydrogen) atoms. The fourth-order valence-electron chi connectivity index (χ4n) is 3.48. The molecule has 0 bridgehead atoms. The maximum atomic E-state index is 9.21. The summed E-state index contributed by atoms with van der Waals surface area (Å²) in [5.41, 5.74) is 1.80. The van der Waals surface area contributed by atoms with Crippen molar-refractivity contribution in [3.05, 3.63) is 35.9 Å². The van der Waals surface area contributed by atoms with E-state index in [1.165, 1.54) is 37.7 Å². The Hall–Kier alpha value is -0.860. The molecule has 0 aliphatic heterocycles. The van der Waals surface area contributed by atoms with Gasteiger partial charge in [0.15, 0.2) is 0 Å². The number of benzene rings is 1. The van der Waals surface area contributed by atoms with Crippen molar-refractivity contribution in [2.24, 2.45) is 0 Å². The van der Waals surface area contributed by atoms with E-state index in [9.17, 15) is 5.11 Å². The summed E-state index contributed by atoms with van der Waals surface area (Å²) in [7, 11) is 0. The van der Waals surface area contributed by atoms with E-state index in [1.807, 2.05) is 0 Å². The summed E-state index contributed by atoms with van der Waals surface area (Å²) in [5, 5.41) is 9.21. The molecule has 0 amide bonds. The largest absolute Gasteiger partial charge is 0.395 e. The summed E-state index contributed by atoms with van der Waals surface area (Å²) in [5.74, 6) is 0. The predicted molar refractivity (Wildman–Crippen MR) is 80.4 cm³/mol. The first-order valence-corrected chi connectivity index (χ1v) is 7.69. The normalized spacial score (nSPS) is 18.7. The van der Waals surface area contributed by atoms with Gasteiger partial charge in [-0.25, -0.2) is 0 Å². The van der Waals surface area contributed by atoms with E-state index in [-0.39, 0.29) is 6.61 Å². The first kappa shape index (κ1) is 14.5. The molecule has 1 aliphatic carbocycles. The van der Waals surface area contributed by atoms with Crippen molar-refractivity contribution < 1.29 is 5.11 Å². The molecule has 0 unspecified atom stereocenters. The first-order valence-electron chi connectivity index (χ1n) is 7.69. The van der Waals surface area contributed by atoms with Gasteiger partial charge in [0.25, 0.3) is 0 Å². The SMILES string of the molecule is CCN(CCO)CC1(c2ccccc2)CCCCC1. The fraction of sp³-hybridized carbons (Fsp3) is 0.647. The number of hydrogen-bond acceptors (Lipinski definition) is 2. The molecule has 2 heteroatoms. The summed E-state index contributed by atoms with van der Waals surface area (Å²) in [6.07, 6.45) is 6.63. The highest BCUT2D eigenvalue weighted by Gasteiger charge is 2.34. The molecule has 1 aromatic rings. The third kappa shape index (κ3) is 3.58. The van der Waals surface area contributed by atoms with Crippen molar-refractivity contribution in [1.29, 1.82) is 0 Å². The zero-order chi connectivity index (χ0) is 13.6. The van der Waals surface area contributed by atoms with Gasteiger partial charge in [0.05, 0.1) is 6.61 Å². The Kier molecular flexibility index (Phi) is 5.41. The molecule has 0 aromatic heterocycles. The van der Waals surface area contributed by atoms with Crippen LogP contribution in [0.25, 0.3) is 0 Å². The van der Waals surface area contributed by atoms with Crippen molar-refractivity contribution >= 4 is 0 Å². The summed E-state index contributed by atoms with van der Waals surface area (Å²) >= 11 is 0. The Morgan fingerprint density at radius 2 is 1.79 bits per heavy atom. The number of nitrogens with zero attached hydrogens (tertiary/aromatic N) is 1. The molecule has 0 heterocycles. The minimum Gasteiger partial charge on any atom is -0.395 e. The molecular formula is C17H27NO. The lowest BCUT2D eigenvalue weighted by Gasteiger charge is -2.41. The monoisotopic (exact) mass is 261 g/mol. The van der Waals surface area contributed by atoms with Crippen LogP contribution in [0, 0.1) is 0 Å². The van der Waals surface area contributed by atoms with Crippen LogP contribution in [0.15, 0.2) is 30.3 Å². The van der Waals surface area contributed by atoms with Gasteiger partial charge in [-0.2, -0.15) is 0 Å². The third-order valence-electron chi connectivity index (χ3n) is 4.59. The quantitative estimate of drug-likeness (QED) is 0.850. The molecule has 1 N–H and O–H groups in total. The molecule has 2 rings (SSSR count). The van der Waals surface area contributed by atoms with Crippen LogP contribution >= 0.6 is 0 Å². The zero-order valence-corrected chi connectivity index (χ0v) is 12.1. The molecule has 106 valence electrons. The Morgan fingerprint density at radius 3 is 2.37 bits per heavy atom. The molecule has 1 saturated carbocycles. The van der Waals surface area contributed by atoms with Gasteiger partial charge in [-0.3, -0.25) is 0 Å². The lowest BCUT2D eigenvalue weighted by molar-refractivity contribution is 0.145. The molecule has 0 saturated heterocycles. The maximum absolute atomic E-state index is 9.21. The Balaban J connectivity index is 2.19. The number of hydrogen-bond donors (Lipinski definition) is 1. The standard InChI is InChI=1S/C17H27NO/c1-2-18(13-14-19)15-17(11-7-4-8-12-17)16-9-5-3-6-10-16/h3,5-6,9-10,19H,2,4,7-8,11-15H2,1H3. The van der Waals surface area contributed by atoms with Crippen molar-refractivity contribution in [2.45, 2.75) is 44.4 Å². The second kappa shape index (κ2) is 7.06. The molecular weight excluding hydrogens is 234 g/mol. The van der Waals surface area contributed by atoms with Gasteiger partial charge >= 0.3 is 0 Å². The zero-order valence-electron chi connectivity index (χ0n) is 12.1. The number of likely N-dealkylation sites (N-methyl/N-ethyl adjacent to an activating group) is 1. The lowest BCUT2D eigenvalue weighted by atomic mass is 9.69. The Bertz CT molecular complexity index is 357. The summed E-state index contributed by atoms with van der Waals surface area (Å²) in [6.45, 7) is 5.37. The van der Waals surface area contributed by atoms with Gasteiger partial charge in [0.1, 0.15) is 0 Å². The summed E-state index contributed by atoms with van der Waals surface area (Å²) in [6, 6.07) is 11.0. The molecule has 1 fully saturated rings. The van der Waals surface area contributed by atoms with Crippen molar-refractivity contribution in [1.82, 2.24) is 4.90 Å². The molecule has 1 aliphatic rings. The average molecular weight is 261 g/mol. The maximum Gasteiger partial charge on any atom is 0.0558 e. The van der Waals surface area contributed by atoms with Crippen LogP contribution in [0.2, 0.25) is 0 Å². The van der Waals surface area contributed by atoms with Gasteiger partial charge in [-0.05, 0) is 24.9 Å². The highest BCUT2D eigenvalue weighted by atomic mass is 16.3. The van der Waals surface area contributed by atoms with Crippen LogP contribution in [0.4, 0.5) is 0 Å². The smallest absolute Gasteiger partial charge is 0.0558 e. The van der Waals surface area contributed by atoms with E-state index in [4.69, 9.17) is 0 Å². The van der Waals surface area contributed by atoms with Crippen molar-refractivity contribution in [3.8, 4) is 0 Å².